The number of benzene rings is 3. The van der Waals surface area contributed by atoms with E-state index in [9.17, 15) is 13.2 Å². The van der Waals surface area contributed by atoms with Crippen molar-refractivity contribution < 1.29 is 13.2 Å². The van der Waals surface area contributed by atoms with Crippen LogP contribution in [0, 0.1) is 11.3 Å². The zero-order valence-electron chi connectivity index (χ0n) is 13.2. The molecule has 0 aliphatic carbocycles. The fraction of sp³-hybridized carbons (Fsp3) is 0.0952. The van der Waals surface area contributed by atoms with E-state index in [-0.39, 0.29) is 0 Å². The van der Waals surface area contributed by atoms with Crippen molar-refractivity contribution in [2.75, 3.05) is 0 Å². The Morgan fingerprint density at radius 3 is 2.20 bits per heavy atom. The van der Waals surface area contributed by atoms with Crippen molar-refractivity contribution in [3.8, 4) is 17.2 Å². The molecule has 0 amide bonds. The van der Waals surface area contributed by atoms with Crippen LogP contribution in [0.4, 0.5) is 13.2 Å². The Morgan fingerprint density at radius 2 is 1.52 bits per heavy atom. The Balaban J connectivity index is 1.85. The van der Waals surface area contributed by atoms with Gasteiger partial charge in [0.1, 0.15) is 0 Å². The van der Waals surface area contributed by atoms with Crippen LogP contribution in [-0.2, 0) is 12.6 Å². The number of rotatable bonds is 3. The molecule has 0 N–H and O–H groups in total. The first-order valence-corrected chi connectivity index (χ1v) is 7.72. The molecule has 0 aliphatic rings. The highest BCUT2D eigenvalue weighted by Crippen LogP contribution is 2.32. The monoisotopic (exact) mass is 337 g/mol. The smallest absolute Gasteiger partial charge is 0.192 e. The van der Waals surface area contributed by atoms with E-state index < -0.39 is 11.7 Å². The second-order valence-electron chi connectivity index (χ2n) is 5.72. The SMILES string of the molecule is N#Cc1ccccc1Cc1ccc(-c2cccc(C(F)(F)F)c2)cc1. The van der Waals surface area contributed by atoms with Crippen LogP contribution < -0.4 is 0 Å². The Hall–Kier alpha value is -3.06. The largest absolute Gasteiger partial charge is 0.416 e. The summed E-state index contributed by atoms with van der Waals surface area (Å²) in [6.07, 6.45) is -3.75. The van der Waals surface area contributed by atoms with Gasteiger partial charge in [0.05, 0.1) is 17.2 Å². The minimum absolute atomic E-state index is 0.527. The lowest BCUT2D eigenvalue weighted by Gasteiger charge is -2.10. The third-order valence-corrected chi connectivity index (χ3v) is 4.01. The van der Waals surface area contributed by atoms with Crippen LogP contribution in [0.2, 0.25) is 0 Å². The van der Waals surface area contributed by atoms with Gasteiger partial charge in [-0.2, -0.15) is 18.4 Å². The predicted octanol–water partition coefficient (Wildman–Crippen LogP) is 5.83. The standard InChI is InChI=1S/C21H14F3N/c22-21(23,24)20-7-3-6-18(13-20)16-10-8-15(9-11-16)12-17-4-1-2-5-19(17)14-25/h1-11,13H,12H2. The van der Waals surface area contributed by atoms with Gasteiger partial charge in [-0.25, -0.2) is 0 Å². The van der Waals surface area contributed by atoms with E-state index in [1.165, 1.54) is 6.07 Å². The average Bonchev–Trinajstić information content (AvgIpc) is 2.62. The summed E-state index contributed by atoms with van der Waals surface area (Å²) < 4.78 is 38.5. The summed E-state index contributed by atoms with van der Waals surface area (Å²) >= 11 is 0. The number of nitrogens with zero attached hydrogens (tertiary/aromatic N) is 1. The van der Waals surface area contributed by atoms with Gasteiger partial charge in [0.25, 0.3) is 0 Å². The summed E-state index contributed by atoms with van der Waals surface area (Å²) in [5, 5.41) is 9.14. The van der Waals surface area contributed by atoms with Crippen molar-refractivity contribution in [2.24, 2.45) is 0 Å². The lowest BCUT2D eigenvalue weighted by atomic mass is 9.97. The molecule has 0 aliphatic heterocycles. The van der Waals surface area contributed by atoms with E-state index in [4.69, 9.17) is 5.26 Å². The van der Waals surface area contributed by atoms with E-state index in [1.54, 1.807) is 24.3 Å². The molecule has 0 saturated carbocycles. The maximum absolute atomic E-state index is 12.8. The molecule has 0 heterocycles. The lowest BCUT2D eigenvalue weighted by molar-refractivity contribution is -0.137. The second kappa shape index (κ2) is 6.82. The number of hydrogen-bond acceptors (Lipinski definition) is 1. The topological polar surface area (TPSA) is 23.8 Å². The Bertz CT molecular complexity index is 919. The van der Waals surface area contributed by atoms with E-state index in [0.717, 1.165) is 28.8 Å². The van der Waals surface area contributed by atoms with Gasteiger partial charge in [0.2, 0.25) is 0 Å². The molecule has 0 fully saturated rings. The fourth-order valence-electron chi connectivity index (χ4n) is 2.69. The maximum Gasteiger partial charge on any atom is 0.416 e. The van der Waals surface area contributed by atoms with Crippen molar-refractivity contribution >= 4 is 0 Å². The number of halogens is 3. The highest BCUT2D eigenvalue weighted by molar-refractivity contribution is 5.64. The van der Waals surface area contributed by atoms with Crippen molar-refractivity contribution in [2.45, 2.75) is 12.6 Å². The van der Waals surface area contributed by atoms with Gasteiger partial charge in [0.15, 0.2) is 0 Å². The molecule has 3 aromatic carbocycles. The molecule has 0 aromatic heterocycles. The molecule has 3 rings (SSSR count). The van der Waals surface area contributed by atoms with E-state index in [0.29, 0.717) is 17.5 Å². The van der Waals surface area contributed by atoms with Crippen molar-refractivity contribution in [1.29, 1.82) is 5.26 Å². The molecule has 1 nitrogen and oxygen atoms in total. The molecule has 0 spiro atoms. The quantitative estimate of drug-likeness (QED) is 0.589. The molecule has 0 unspecified atom stereocenters. The fourth-order valence-corrected chi connectivity index (χ4v) is 2.69. The Kier molecular flexibility index (Phi) is 4.58. The molecule has 3 aromatic rings. The third-order valence-electron chi connectivity index (χ3n) is 4.01. The summed E-state index contributed by atoms with van der Waals surface area (Å²) in [5.41, 5.74) is 3.15. The van der Waals surface area contributed by atoms with Crippen LogP contribution in [-0.4, -0.2) is 0 Å². The van der Waals surface area contributed by atoms with Gasteiger partial charge in [-0.15, -0.1) is 0 Å². The second-order valence-corrected chi connectivity index (χ2v) is 5.72. The Morgan fingerprint density at radius 1 is 0.800 bits per heavy atom. The van der Waals surface area contributed by atoms with Gasteiger partial charge in [-0.1, -0.05) is 54.6 Å². The molecule has 0 saturated heterocycles. The first-order chi connectivity index (χ1) is 12.0. The van der Waals surface area contributed by atoms with Gasteiger partial charge in [-0.3, -0.25) is 0 Å². The van der Waals surface area contributed by atoms with E-state index in [2.05, 4.69) is 6.07 Å². The van der Waals surface area contributed by atoms with Crippen molar-refractivity contribution in [3.63, 3.8) is 0 Å². The molecular weight excluding hydrogens is 323 g/mol. The average molecular weight is 337 g/mol. The van der Waals surface area contributed by atoms with Crippen LogP contribution in [0.3, 0.4) is 0 Å². The van der Waals surface area contributed by atoms with Crippen LogP contribution in [0.15, 0.2) is 72.8 Å². The van der Waals surface area contributed by atoms with Crippen LogP contribution in [0.5, 0.6) is 0 Å². The minimum Gasteiger partial charge on any atom is -0.192 e. The normalized spacial score (nSPS) is 11.1. The summed E-state index contributed by atoms with van der Waals surface area (Å²) in [5.74, 6) is 0. The molecule has 0 atom stereocenters. The molecule has 25 heavy (non-hydrogen) atoms. The Labute approximate surface area is 144 Å². The van der Waals surface area contributed by atoms with Crippen LogP contribution in [0.1, 0.15) is 22.3 Å². The van der Waals surface area contributed by atoms with E-state index in [1.807, 2.05) is 30.3 Å². The van der Waals surface area contributed by atoms with Gasteiger partial charge in [-0.05, 0) is 46.9 Å². The van der Waals surface area contributed by atoms with Crippen LogP contribution >= 0.6 is 0 Å². The summed E-state index contributed by atoms with van der Waals surface area (Å²) in [6.45, 7) is 0. The summed E-state index contributed by atoms with van der Waals surface area (Å²) in [6, 6.07) is 22.2. The number of hydrogen-bond donors (Lipinski definition) is 0. The van der Waals surface area contributed by atoms with Gasteiger partial charge in [0, 0.05) is 0 Å². The van der Waals surface area contributed by atoms with Crippen LogP contribution in [0.25, 0.3) is 11.1 Å². The van der Waals surface area contributed by atoms with Crippen molar-refractivity contribution in [3.05, 3.63) is 95.1 Å². The molecule has 4 heteroatoms. The zero-order valence-corrected chi connectivity index (χ0v) is 13.2. The number of nitriles is 1. The predicted molar refractivity (Wildman–Crippen MR) is 90.8 cm³/mol. The van der Waals surface area contributed by atoms with E-state index >= 15 is 0 Å². The molecular formula is C21H14F3N. The maximum atomic E-state index is 12.8. The third kappa shape index (κ3) is 3.89. The first-order valence-electron chi connectivity index (χ1n) is 7.72. The highest BCUT2D eigenvalue weighted by atomic mass is 19.4. The first kappa shape index (κ1) is 16.8. The van der Waals surface area contributed by atoms with Gasteiger partial charge >= 0.3 is 6.18 Å². The zero-order chi connectivity index (χ0) is 17.9. The molecule has 0 bridgehead atoms. The minimum atomic E-state index is -4.35. The molecule has 0 radical (unpaired) electrons. The summed E-state index contributed by atoms with van der Waals surface area (Å²) in [7, 11) is 0. The summed E-state index contributed by atoms with van der Waals surface area (Å²) in [4.78, 5) is 0. The molecule has 124 valence electrons. The number of alkyl halides is 3. The highest BCUT2D eigenvalue weighted by Gasteiger charge is 2.30. The van der Waals surface area contributed by atoms with Crippen molar-refractivity contribution in [1.82, 2.24) is 0 Å². The lowest BCUT2D eigenvalue weighted by Crippen LogP contribution is -2.04. The van der Waals surface area contributed by atoms with Gasteiger partial charge < -0.3 is 0 Å².